The highest BCUT2D eigenvalue weighted by Gasteiger charge is 2.38. The van der Waals surface area contributed by atoms with Crippen LogP contribution in [0.2, 0.25) is 0 Å². The van der Waals surface area contributed by atoms with Crippen LogP contribution in [0.25, 0.3) is 0 Å². The van der Waals surface area contributed by atoms with Gasteiger partial charge in [0.15, 0.2) is 0 Å². The molecule has 0 amide bonds. The van der Waals surface area contributed by atoms with Crippen LogP contribution in [0, 0.1) is 5.41 Å². The molecule has 88 valence electrons. The van der Waals surface area contributed by atoms with Gasteiger partial charge in [0.1, 0.15) is 0 Å². The molecular formula is C10H20N2O2S. The van der Waals surface area contributed by atoms with Crippen molar-refractivity contribution >= 4 is 10.0 Å². The molecular weight excluding hydrogens is 212 g/mol. The maximum absolute atomic E-state index is 11.5. The summed E-state index contributed by atoms with van der Waals surface area (Å²) in [6.45, 7) is 3.50. The summed E-state index contributed by atoms with van der Waals surface area (Å²) in [5, 5.41) is 3.40. The van der Waals surface area contributed by atoms with Crippen molar-refractivity contribution in [2.24, 2.45) is 5.41 Å². The number of sulfonamides is 1. The molecule has 5 heteroatoms. The normalized spacial score (nSPS) is 34.5. The van der Waals surface area contributed by atoms with Crippen LogP contribution in [0.1, 0.15) is 25.7 Å². The molecule has 0 bridgehead atoms. The summed E-state index contributed by atoms with van der Waals surface area (Å²) in [6, 6.07) is 0. The van der Waals surface area contributed by atoms with Gasteiger partial charge in [0, 0.05) is 19.6 Å². The second-order valence-electron chi connectivity index (χ2n) is 4.98. The highest BCUT2D eigenvalue weighted by atomic mass is 32.2. The van der Waals surface area contributed by atoms with Gasteiger partial charge in [0.2, 0.25) is 10.0 Å². The van der Waals surface area contributed by atoms with E-state index in [1.54, 1.807) is 4.31 Å². The largest absolute Gasteiger partial charge is 0.316 e. The highest BCUT2D eigenvalue weighted by Crippen LogP contribution is 2.36. The van der Waals surface area contributed by atoms with Crippen molar-refractivity contribution in [3.8, 4) is 0 Å². The molecule has 0 aromatic carbocycles. The van der Waals surface area contributed by atoms with Gasteiger partial charge in [0.25, 0.3) is 0 Å². The Balaban J connectivity index is 2.09. The highest BCUT2D eigenvalue weighted by molar-refractivity contribution is 7.88. The van der Waals surface area contributed by atoms with Crippen LogP contribution in [0.5, 0.6) is 0 Å². The van der Waals surface area contributed by atoms with Crippen LogP contribution in [0.15, 0.2) is 0 Å². The minimum Gasteiger partial charge on any atom is -0.316 e. The summed E-state index contributed by atoms with van der Waals surface area (Å²) in [5.41, 5.74) is 0.222. The van der Waals surface area contributed by atoms with Crippen LogP contribution >= 0.6 is 0 Å². The third kappa shape index (κ3) is 2.52. The van der Waals surface area contributed by atoms with E-state index in [1.165, 1.54) is 25.5 Å². The molecule has 15 heavy (non-hydrogen) atoms. The number of hydrogen-bond acceptors (Lipinski definition) is 3. The first-order chi connectivity index (χ1) is 7.02. The van der Waals surface area contributed by atoms with Crippen molar-refractivity contribution in [1.29, 1.82) is 0 Å². The standard InChI is InChI=1S/C10H20N2O2S/c1-15(13,14)12-7-3-5-10(9-12)4-2-6-11-8-10/h11H,2-9H2,1H3. The zero-order chi connectivity index (χ0) is 10.9. The first-order valence-electron chi connectivity index (χ1n) is 5.68. The summed E-state index contributed by atoms with van der Waals surface area (Å²) in [6.07, 6.45) is 5.85. The number of rotatable bonds is 1. The topological polar surface area (TPSA) is 49.4 Å². The molecule has 0 aromatic heterocycles. The molecule has 4 nitrogen and oxygen atoms in total. The van der Waals surface area contributed by atoms with E-state index in [0.717, 1.165) is 26.1 Å². The fourth-order valence-electron chi connectivity index (χ4n) is 2.82. The zero-order valence-corrected chi connectivity index (χ0v) is 10.1. The van der Waals surface area contributed by atoms with E-state index in [-0.39, 0.29) is 5.41 Å². The Morgan fingerprint density at radius 2 is 2.00 bits per heavy atom. The molecule has 1 N–H and O–H groups in total. The fourth-order valence-corrected chi connectivity index (χ4v) is 3.79. The Labute approximate surface area is 92.1 Å². The molecule has 1 unspecified atom stereocenters. The Bertz CT molecular complexity index is 315. The van der Waals surface area contributed by atoms with E-state index in [4.69, 9.17) is 0 Å². The quantitative estimate of drug-likeness (QED) is 0.712. The molecule has 1 atom stereocenters. The van der Waals surface area contributed by atoms with Gasteiger partial charge in [-0.25, -0.2) is 12.7 Å². The predicted molar refractivity (Wildman–Crippen MR) is 60.2 cm³/mol. The monoisotopic (exact) mass is 232 g/mol. The SMILES string of the molecule is CS(=O)(=O)N1CCCC2(CCCNC2)C1. The second kappa shape index (κ2) is 4.03. The molecule has 1 spiro atoms. The lowest BCUT2D eigenvalue weighted by Gasteiger charge is -2.44. The van der Waals surface area contributed by atoms with Gasteiger partial charge in [-0.15, -0.1) is 0 Å². The molecule has 0 aliphatic carbocycles. The van der Waals surface area contributed by atoms with E-state index in [1.807, 2.05) is 0 Å². The van der Waals surface area contributed by atoms with Gasteiger partial charge in [-0.3, -0.25) is 0 Å². The van der Waals surface area contributed by atoms with Crippen LogP contribution in [-0.2, 0) is 10.0 Å². The minimum absolute atomic E-state index is 0.222. The lowest BCUT2D eigenvalue weighted by molar-refractivity contribution is 0.111. The molecule has 0 aromatic rings. The number of nitrogens with zero attached hydrogens (tertiary/aromatic N) is 1. The molecule has 2 aliphatic rings. The molecule has 2 saturated heterocycles. The summed E-state index contributed by atoms with van der Waals surface area (Å²) in [4.78, 5) is 0. The van der Waals surface area contributed by atoms with Crippen molar-refractivity contribution in [2.45, 2.75) is 25.7 Å². The van der Waals surface area contributed by atoms with E-state index in [0.29, 0.717) is 6.54 Å². The Hall–Kier alpha value is -0.130. The summed E-state index contributed by atoms with van der Waals surface area (Å²) in [5.74, 6) is 0. The van der Waals surface area contributed by atoms with Gasteiger partial charge in [-0.2, -0.15) is 0 Å². The van der Waals surface area contributed by atoms with E-state index < -0.39 is 10.0 Å². The Kier molecular flexibility index (Phi) is 3.05. The fraction of sp³-hybridized carbons (Fsp3) is 1.00. The molecule has 2 rings (SSSR count). The predicted octanol–water partition coefficient (Wildman–Crippen LogP) is 0.412. The van der Waals surface area contributed by atoms with Gasteiger partial charge in [-0.05, 0) is 37.6 Å². The Morgan fingerprint density at radius 3 is 2.60 bits per heavy atom. The second-order valence-corrected chi connectivity index (χ2v) is 6.96. The number of nitrogens with one attached hydrogen (secondary N) is 1. The van der Waals surface area contributed by atoms with Gasteiger partial charge in [-0.1, -0.05) is 0 Å². The first-order valence-corrected chi connectivity index (χ1v) is 7.53. The van der Waals surface area contributed by atoms with Crippen LogP contribution < -0.4 is 5.32 Å². The van der Waals surface area contributed by atoms with Crippen LogP contribution in [0.3, 0.4) is 0 Å². The third-order valence-corrected chi connectivity index (χ3v) is 4.91. The lowest BCUT2D eigenvalue weighted by atomic mass is 9.75. The van der Waals surface area contributed by atoms with Crippen molar-refractivity contribution in [3.05, 3.63) is 0 Å². The third-order valence-electron chi connectivity index (χ3n) is 3.66. The van der Waals surface area contributed by atoms with Crippen molar-refractivity contribution < 1.29 is 8.42 Å². The summed E-state index contributed by atoms with van der Waals surface area (Å²) in [7, 11) is -3.00. The number of piperidine rings is 2. The van der Waals surface area contributed by atoms with Gasteiger partial charge < -0.3 is 5.32 Å². The summed E-state index contributed by atoms with van der Waals surface area (Å²) < 4.78 is 24.7. The average molecular weight is 232 g/mol. The number of hydrogen-bond donors (Lipinski definition) is 1. The van der Waals surface area contributed by atoms with Crippen molar-refractivity contribution in [1.82, 2.24) is 9.62 Å². The van der Waals surface area contributed by atoms with Crippen LogP contribution in [0.4, 0.5) is 0 Å². The average Bonchev–Trinajstić information content (AvgIpc) is 2.18. The van der Waals surface area contributed by atoms with Gasteiger partial charge >= 0.3 is 0 Å². The minimum atomic E-state index is -3.00. The maximum Gasteiger partial charge on any atom is 0.211 e. The summed E-state index contributed by atoms with van der Waals surface area (Å²) >= 11 is 0. The Morgan fingerprint density at radius 1 is 1.27 bits per heavy atom. The molecule has 0 radical (unpaired) electrons. The van der Waals surface area contributed by atoms with E-state index >= 15 is 0 Å². The smallest absolute Gasteiger partial charge is 0.211 e. The molecule has 2 fully saturated rings. The zero-order valence-electron chi connectivity index (χ0n) is 9.33. The maximum atomic E-state index is 11.5. The van der Waals surface area contributed by atoms with Crippen molar-refractivity contribution in [2.75, 3.05) is 32.4 Å². The molecule has 0 saturated carbocycles. The van der Waals surface area contributed by atoms with E-state index in [9.17, 15) is 8.42 Å². The van der Waals surface area contributed by atoms with Crippen LogP contribution in [-0.4, -0.2) is 45.2 Å². The van der Waals surface area contributed by atoms with Gasteiger partial charge in [0.05, 0.1) is 6.26 Å². The molecule has 2 heterocycles. The first kappa shape index (κ1) is 11.4. The molecule has 2 aliphatic heterocycles. The lowest BCUT2D eigenvalue weighted by Crippen LogP contribution is -2.52. The van der Waals surface area contributed by atoms with E-state index in [2.05, 4.69) is 5.32 Å². The van der Waals surface area contributed by atoms with Crippen molar-refractivity contribution in [3.63, 3.8) is 0 Å².